The summed E-state index contributed by atoms with van der Waals surface area (Å²) in [5.41, 5.74) is 9.38. The number of phenols is 1. The minimum atomic E-state index is 0.279. The van der Waals surface area contributed by atoms with Crippen LogP contribution in [0.2, 0.25) is 0 Å². The van der Waals surface area contributed by atoms with Gasteiger partial charge >= 0.3 is 0 Å². The second-order valence-electron chi connectivity index (χ2n) is 4.30. The average molecular weight is 239 g/mol. The van der Waals surface area contributed by atoms with Crippen LogP contribution >= 0.6 is 0 Å². The van der Waals surface area contributed by atoms with Gasteiger partial charge in [0.15, 0.2) is 0 Å². The normalized spacial score (nSPS) is 10.9. The lowest BCUT2D eigenvalue weighted by molar-refractivity contribution is 0.475. The fraction of sp³-hybridized carbons (Fsp3) is 0.0714. The average Bonchev–Trinajstić information content (AvgIpc) is 2.73. The number of rotatable bonds is 2. The molecule has 0 aliphatic heterocycles. The molecule has 4 nitrogen and oxygen atoms in total. The van der Waals surface area contributed by atoms with Gasteiger partial charge < -0.3 is 15.2 Å². The lowest BCUT2D eigenvalue weighted by Gasteiger charge is -1.97. The van der Waals surface area contributed by atoms with E-state index in [1.54, 1.807) is 12.1 Å². The number of nitrogens with two attached hydrogens (primary N) is 1. The Morgan fingerprint density at radius 2 is 1.94 bits per heavy atom. The molecule has 1 aromatic carbocycles. The van der Waals surface area contributed by atoms with Crippen LogP contribution in [0.4, 0.5) is 5.69 Å². The van der Waals surface area contributed by atoms with Crippen molar-refractivity contribution in [2.24, 2.45) is 0 Å². The van der Waals surface area contributed by atoms with Crippen molar-refractivity contribution in [1.29, 1.82) is 0 Å². The Balaban J connectivity index is 1.92. The van der Waals surface area contributed by atoms with Crippen LogP contribution in [0.25, 0.3) is 5.65 Å². The van der Waals surface area contributed by atoms with Gasteiger partial charge in [-0.25, -0.2) is 4.98 Å². The molecule has 0 saturated heterocycles. The van der Waals surface area contributed by atoms with Crippen LogP contribution in [0.5, 0.6) is 5.75 Å². The Bertz CT molecular complexity index is 686. The van der Waals surface area contributed by atoms with E-state index >= 15 is 0 Å². The van der Waals surface area contributed by atoms with Gasteiger partial charge in [-0.3, -0.25) is 0 Å². The van der Waals surface area contributed by atoms with E-state index in [9.17, 15) is 5.11 Å². The van der Waals surface area contributed by atoms with Crippen LogP contribution in [-0.4, -0.2) is 14.5 Å². The molecule has 3 rings (SSSR count). The number of nitrogens with zero attached hydrogens (tertiary/aromatic N) is 2. The van der Waals surface area contributed by atoms with E-state index in [0.717, 1.165) is 23.3 Å². The van der Waals surface area contributed by atoms with E-state index < -0.39 is 0 Å². The Labute approximate surface area is 104 Å². The van der Waals surface area contributed by atoms with Crippen molar-refractivity contribution in [1.82, 2.24) is 9.38 Å². The van der Waals surface area contributed by atoms with E-state index in [1.165, 1.54) is 0 Å². The number of fused-ring (bicyclic) bond motifs is 1. The molecule has 0 saturated carbocycles. The fourth-order valence-electron chi connectivity index (χ4n) is 1.96. The van der Waals surface area contributed by atoms with Crippen molar-refractivity contribution in [2.45, 2.75) is 6.42 Å². The van der Waals surface area contributed by atoms with Crippen LogP contribution in [0.3, 0.4) is 0 Å². The van der Waals surface area contributed by atoms with Gasteiger partial charge in [0.05, 0.1) is 5.69 Å². The van der Waals surface area contributed by atoms with E-state index in [2.05, 4.69) is 4.98 Å². The molecule has 0 aliphatic rings. The molecule has 0 atom stereocenters. The molecule has 0 unspecified atom stereocenters. The Morgan fingerprint density at radius 1 is 1.17 bits per heavy atom. The van der Waals surface area contributed by atoms with Gasteiger partial charge in [-0.15, -0.1) is 0 Å². The Morgan fingerprint density at radius 3 is 2.72 bits per heavy atom. The first-order valence-corrected chi connectivity index (χ1v) is 5.72. The maximum absolute atomic E-state index is 9.23. The number of benzene rings is 1. The first-order chi connectivity index (χ1) is 8.70. The third-order valence-electron chi connectivity index (χ3n) is 2.86. The summed E-state index contributed by atoms with van der Waals surface area (Å²) in [4.78, 5) is 4.51. The monoisotopic (exact) mass is 239 g/mol. The summed E-state index contributed by atoms with van der Waals surface area (Å²) in [6.45, 7) is 0. The van der Waals surface area contributed by atoms with Gasteiger partial charge in [0.2, 0.25) is 0 Å². The molecule has 3 N–H and O–H groups in total. The highest BCUT2D eigenvalue weighted by Gasteiger charge is 2.03. The first kappa shape index (κ1) is 10.7. The zero-order valence-electron chi connectivity index (χ0n) is 9.74. The van der Waals surface area contributed by atoms with Gasteiger partial charge in [0, 0.05) is 30.6 Å². The summed E-state index contributed by atoms with van der Waals surface area (Å²) in [6.07, 6.45) is 4.63. The number of hydrogen-bond donors (Lipinski definition) is 2. The highest BCUT2D eigenvalue weighted by Crippen LogP contribution is 2.15. The molecule has 2 heterocycles. The number of imidazole rings is 1. The molecular weight excluding hydrogens is 226 g/mol. The zero-order valence-corrected chi connectivity index (χ0v) is 9.74. The van der Waals surface area contributed by atoms with Crippen LogP contribution in [0.1, 0.15) is 11.3 Å². The van der Waals surface area contributed by atoms with Gasteiger partial charge in [0.25, 0.3) is 0 Å². The topological polar surface area (TPSA) is 63.5 Å². The fourth-order valence-corrected chi connectivity index (χ4v) is 1.96. The molecular formula is C14H13N3O. The Kier molecular flexibility index (Phi) is 2.41. The van der Waals surface area contributed by atoms with E-state index in [1.807, 2.05) is 41.1 Å². The number of aromatic nitrogens is 2. The highest BCUT2D eigenvalue weighted by molar-refractivity contribution is 5.52. The lowest BCUT2D eigenvalue weighted by atomic mass is 10.1. The van der Waals surface area contributed by atoms with E-state index in [4.69, 9.17) is 5.73 Å². The molecule has 90 valence electrons. The molecule has 2 aromatic heterocycles. The predicted octanol–water partition coefficient (Wildman–Crippen LogP) is 2.21. The van der Waals surface area contributed by atoms with Gasteiger partial charge in [-0.05, 0) is 23.8 Å². The second kappa shape index (κ2) is 4.07. The van der Waals surface area contributed by atoms with Crippen molar-refractivity contribution >= 4 is 11.3 Å². The van der Waals surface area contributed by atoms with Crippen molar-refractivity contribution in [2.75, 3.05) is 5.73 Å². The third-order valence-corrected chi connectivity index (χ3v) is 2.86. The maximum Gasteiger partial charge on any atom is 0.139 e. The van der Waals surface area contributed by atoms with Crippen LogP contribution in [0.15, 0.2) is 48.8 Å². The molecule has 18 heavy (non-hydrogen) atoms. The van der Waals surface area contributed by atoms with E-state index in [-0.39, 0.29) is 5.75 Å². The molecule has 0 radical (unpaired) electrons. The van der Waals surface area contributed by atoms with Crippen LogP contribution in [0, 0.1) is 0 Å². The first-order valence-electron chi connectivity index (χ1n) is 5.72. The third kappa shape index (κ3) is 2.00. The number of phenolic OH excluding ortho intramolecular Hbond substituents is 1. The summed E-state index contributed by atoms with van der Waals surface area (Å²) < 4.78 is 1.95. The predicted molar refractivity (Wildman–Crippen MR) is 70.5 cm³/mol. The molecule has 0 fully saturated rings. The minimum Gasteiger partial charge on any atom is -0.508 e. The molecule has 0 spiro atoms. The molecule has 4 heteroatoms. The number of hydrogen-bond acceptors (Lipinski definition) is 3. The molecule has 0 bridgehead atoms. The summed E-state index contributed by atoms with van der Waals surface area (Å²) in [6, 6.07) is 10.9. The largest absolute Gasteiger partial charge is 0.508 e. The van der Waals surface area contributed by atoms with Crippen molar-refractivity contribution in [3.05, 3.63) is 60.0 Å². The standard InChI is InChI=1S/C14H13N3O/c15-11-5-6-17-9-12(16-14(17)8-11)7-10-1-3-13(18)4-2-10/h1-6,8-9,18H,7,15H2. The minimum absolute atomic E-state index is 0.279. The van der Waals surface area contributed by atoms with Crippen molar-refractivity contribution < 1.29 is 5.11 Å². The SMILES string of the molecule is Nc1ccn2cc(Cc3ccc(O)cc3)nc2c1. The van der Waals surface area contributed by atoms with Gasteiger partial charge in [-0.1, -0.05) is 12.1 Å². The van der Waals surface area contributed by atoms with Gasteiger partial charge in [-0.2, -0.15) is 0 Å². The quantitative estimate of drug-likeness (QED) is 0.720. The number of anilines is 1. The summed E-state index contributed by atoms with van der Waals surface area (Å²) in [7, 11) is 0. The summed E-state index contributed by atoms with van der Waals surface area (Å²) in [5.74, 6) is 0.279. The molecule has 3 aromatic rings. The molecule has 0 aliphatic carbocycles. The summed E-state index contributed by atoms with van der Waals surface area (Å²) >= 11 is 0. The van der Waals surface area contributed by atoms with Crippen LogP contribution in [-0.2, 0) is 6.42 Å². The maximum atomic E-state index is 9.23. The number of nitrogen functional groups attached to an aromatic ring is 1. The number of pyridine rings is 1. The van der Waals surface area contributed by atoms with Crippen molar-refractivity contribution in [3.63, 3.8) is 0 Å². The van der Waals surface area contributed by atoms with Crippen molar-refractivity contribution in [3.8, 4) is 5.75 Å². The highest BCUT2D eigenvalue weighted by atomic mass is 16.3. The van der Waals surface area contributed by atoms with Crippen LogP contribution < -0.4 is 5.73 Å². The smallest absolute Gasteiger partial charge is 0.139 e. The lowest BCUT2D eigenvalue weighted by Crippen LogP contribution is -1.87. The second-order valence-corrected chi connectivity index (χ2v) is 4.30. The number of aromatic hydroxyl groups is 1. The van der Waals surface area contributed by atoms with E-state index in [0.29, 0.717) is 5.69 Å². The Hall–Kier alpha value is -2.49. The van der Waals surface area contributed by atoms with Gasteiger partial charge in [0.1, 0.15) is 11.4 Å². The molecule has 0 amide bonds. The summed E-state index contributed by atoms with van der Waals surface area (Å²) in [5, 5.41) is 9.23. The zero-order chi connectivity index (χ0) is 12.5.